The maximum Gasteiger partial charge on any atom is 0.241 e. The van der Waals surface area contributed by atoms with E-state index in [-0.39, 0.29) is 11.7 Å². The Labute approximate surface area is 180 Å². The van der Waals surface area contributed by atoms with E-state index in [1.807, 2.05) is 31.2 Å². The van der Waals surface area contributed by atoms with Crippen molar-refractivity contribution in [1.29, 1.82) is 0 Å². The first-order valence-corrected chi connectivity index (χ1v) is 11.8. The van der Waals surface area contributed by atoms with Gasteiger partial charge in [-0.3, -0.25) is 10.1 Å². The zero-order valence-electron chi connectivity index (χ0n) is 15.6. The summed E-state index contributed by atoms with van der Waals surface area (Å²) in [4.78, 5) is 28.2. The lowest BCUT2D eigenvalue weighted by atomic mass is 10.1. The molecule has 1 N–H and O–H groups in total. The third-order valence-corrected chi connectivity index (χ3v) is 7.80. The molecule has 0 radical (unpaired) electrons. The molecule has 146 valence electrons. The van der Waals surface area contributed by atoms with Crippen LogP contribution in [0.3, 0.4) is 0 Å². The van der Waals surface area contributed by atoms with Crippen LogP contribution in [0.15, 0.2) is 35.6 Å². The van der Waals surface area contributed by atoms with Crippen LogP contribution in [-0.2, 0) is 17.6 Å². The van der Waals surface area contributed by atoms with Gasteiger partial charge in [-0.2, -0.15) is 9.36 Å². The van der Waals surface area contributed by atoms with Crippen LogP contribution in [0.25, 0.3) is 20.8 Å². The summed E-state index contributed by atoms with van der Waals surface area (Å²) in [7, 11) is 0. The molecule has 1 aliphatic rings. The summed E-state index contributed by atoms with van der Waals surface area (Å²) in [6.45, 7) is 2.04. The first kappa shape index (κ1) is 18.7. The second-order valence-electron chi connectivity index (χ2n) is 6.79. The van der Waals surface area contributed by atoms with Crippen LogP contribution < -0.4 is 5.32 Å². The standard InChI is InChI=1S/C20H17N5OS3/c1-11-5-2-3-6-12(11)17-24-20(25-29-17)23-15(26)9-27-18-16-13-7-4-8-14(13)28-19(16)22-10-21-18/h2-3,5-6,10H,4,7-9H2,1H3,(H,23,25,26). The van der Waals surface area contributed by atoms with E-state index in [0.717, 1.165) is 44.2 Å². The smallest absolute Gasteiger partial charge is 0.241 e. The lowest BCUT2D eigenvalue weighted by Crippen LogP contribution is -2.15. The average molecular weight is 440 g/mol. The van der Waals surface area contributed by atoms with Gasteiger partial charge in [-0.1, -0.05) is 36.0 Å². The topological polar surface area (TPSA) is 80.7 Å². The number of thiophene rings is 1. The molecule has 0 aliphatic heterocycles. The number of carbonyl (C=O) groups excluding carboxylic acids is 1. The number of aryl methyl sites for hydroxylation is 3. The first-order chi connectivity index (χ1) is 14.2. The fourth-order valence-corrected chi connectivity index (χ4v) is 6.33. The Kier molecular flexibility index (Phi) is 5.03. The Hall–Kier alpha value is -2.36. The van der Waals surface area contributed by atoms with Crippen LogP contribution in [0.4, 0.5) is 5.95 Å². The molecular weight excluding hydrogens is 422 g/mol. The maximum absolute atomic E-state index is 12.5. The molecule has 1 aromatic carbocycles. The minimum Gasteiger partial charge on any atom is -0.293 e. The number of rotatable bonds is 5. The Bertz CT molecular complexity index is 1220. The third-order valence-electron chi connectivity index (χ3n) is 4.86. The molecule has 0 spiro atoms. The van der Waals surface area contributed by atoms with Gasteiger partial charge in [0.15, 0.2) is 0 Å². The molecular formula is C20H17N5OS3. The predicted octanol–water partition coefficient (Wildman–Crippen LogP) is 4.74. The van der Waals surface area contributed by atoms with Crippen molar-refractivity contribution >= 4 is 56.7 Å². The van der Waals surface area contributed by atoms with Crippen LogP contribution in [0.2, 0.25) is 0 Å². The molecule has 9 heteroatoms. The molecule has 0 saturated carbocycles. The van der Waals surface area contributed by atoms with Gasteiger partial charge in [0.1, 0.15) is 21.2 Å². The summed E-state index contributed by atoms with van der Waals surface area (Å²) in [5, 5.41) is 5.63. The monoisotopic (exact) mass is 439 g/mol. The van der Waals surface area contributed by atoms with Crippen molar-refractivity contribution in [2.45, 2.75) is 31.2 Å². The van der Waals surface area contributed by atoms with E-state index in [1.54, 1.807) is 17.7 Å². The maximum atomic E-state index is 12.5. The number of fused-ring (bicyclic) bond motifs is 3. The molecule has 0 atom stereocenters. The van der Waals surface area contributed by atoms with Gasteiger partial charge < -0.3 is 0 Å². The van der Waals surface area contributed by atoms with Crippen LogP contribution in [0, 0.1) is 6.92 Å². The van der Waals surface area contributed by atoms with E-state index in [4.69, 9.17) is 0 Å². The zero-order valence-corrected chi connectivity index (χ0v) is 18.1. The summed E-state index contributed by atoms with van der Waals surface area (Å²) in [5.41, 5.74) is 3.54. The Morgan fingerprint density at radius 2 is 2.14 bits per heavy atom. The quantitative estimate of drug-likeness (QED) is 0.357. The number of carbonyl (C=O) groups is 1. The van der Waals surface area contributed by atoms with Crippen molar-refractivity contribution in [3.63, 3.8) is 0 Å². The molecule has 0 saturated heterocycles. The highest BCUT2D eigenvalue weighted by Crippen LogP contribution is 2.40. The third kappa shape index (κ3) is 3.65. The van der Waals surface area contributed by atoms with Crippen LogP contribution in [0.1, 0.15) is 22.4 Å². The molecule has 0 bridgehead atoms. The lowest BCUT2D eigenvalue weighted by Gasteiger charge is -2.04. The molecule has 0 fully saturated rings. The Morgan fingerprint density at radius 3 is 3.03 bits per heavy atom. The molecule has 6 nitrogen and oxygen atoms in total. The van der Waals surface area contributed by atoms with Crippen molar-refractivity contribution in [2.24, 2.45) is 0 Å². The van der Waals surface area contributed by atoms with E-state index < -0.39 is 0 Å². The van der Waals surface area contributed by atoms with Crippen molar-refractivity contribution in [1.82, 2.24) is 19.3 Å². The average Bonchev–Trinajstić information content (AvgIpc) is 3.43. The molecule has 0 unspecified atom stereocenters. The lowest BCUT2D eigenvalue weighted by molar-refractivity contribution is -0.113. The van der Waals surface area contributed by atoms with Crippen molar-refractivity contribution in [3.05, 3.63) is 46.6 Å². The summed E-state index contributed by atoms with van der Waals surface area (Å²) >= 11 is 4.49. The second-order valence-corrected chi connectivity index (χ2v) is 9.59. The summed E-state index contributed by atoms with van der Waals surface area (Å²) in [6.07, 6.45) is 4.98. The van der Waals surface area contributed by atoms with Gasteiger partial charge >= 0.3 is 0 Å². The van der Waals surface area contributed by atoms with Gasteiger partial charge in [0, 0.05) is 15.8 Å². The molecule has 3 heterocycles. The van der Waals surface area contributed by atoms with Crippen LogP contribution >= 0.6 is 34.6 Å². The van der Waals surface area contributed by atoms with Gasteiger partial charge in [0.2, 0.25) is 11.9 Å². The highest BCUT2D eigenvalue weighted by Gasteiger charge is 2.21. The second kappa shape index (κ2) is 7.81. The number of thioether (sulfide) groups is 1. The van der Waals surface area contributed by atoms with E-state index >= 15 is 0 Å². The molecule has 4 aromatic rings. The molecule has 1 amide bonds. The molecule has 5 rings (SSSR count). The van der Waals surface area contributed by atoms with E-state index in [2.05, 4.69) is 24.6 Å². The van der Waals surface area contributed by atoms with E-state index in [9.17, 15) is 4.79 Å². The van der Waals surface area contributed by atoms with Gasteiger partial charge in [0.25, 0.3) is 0 Å². The molecule has 3 aromatic heterocycles. The SMILES string of the molecule is Cc1ccccc1-c1nc(NC(=O)CSc2ncnc3sc4c(c23)CCC4)ns1. The number of aromatic nitrogens is 4. The summed E-state index contributed by atoms with van der Waals surface area (Å²) in [5.74, 6) is 0.473. The number of benzene rings is 1. The van der Waals surface area contributed by atoms with E-state index in [1.165, 1.54) is 40.2 Å². The van der Waals surface area contributed by atoms with Crippen molar-refractivity contribution < 1.29 is 4.79 Å². The van der Waals surface area contributed by atoms with Crippen molar-refractivity contribution in [2.75, 3.05) is 11.1 Å². The summed E-state index contributed by atoms with van der Waals surface area (Å²) in [6, 6.07) is 8.02. The predicted molar refractivity (Wildman–Crippen MR) is 119 cm³/mol. The Morgan fingerprint density at radius 1 is 1.24 bits per heavy atom. The fraction of sp³-hybridized carbons (Fsp3) is 0.250. The van der Waals surface area contributed by atoms with Gasteiger partial charge in [-0.25, -0.2) is 9.97 Å². The number of nitrogens with one attached hydrogen (secondary N) is 1. The largest absolute Gasteiger partial charge is 0.293 e. The highest BCUT2D eigenvalue weighted by atomic mass is 32.2. The number of hydrogen-bond donors (Lipinski definition) is 1. The van der Waals surface area contributed by atoms with Crippen molar-refractivity contribution in [3.8, 4) is 10.6 Å². The normalized spacial score (nSPS) is 13.0. The highest BCUT2D eigenvalue weighted by molar-refractivity contribution is 8.00. The van der Waals surface area contributed by atoms with Crippen LogP contribution in [-0.4, -0.2) is 31.0 Å². The first-order valence-electron chi connectivity index (χ1n) is 9.26. The zero-order chi connectivity index (χ0) is 19.8. The summed E-state index contributed by atoms with van der Waals surface area (Å²) < 4.78 is 4.28. The number of nitrogens with zero attached hydrogens (tertiary/aromatic N) is 4. The number of hydrogen-bond acceptors (Lipinski definition) is 8. The minimum absolute atomic E-state index is 0.136. The molecule has 29 heavy (non-hydrogen) atoms. The fourth-order valence-electron chi connectivity index (χ4n) is 3.50. The number of anilines is 1. The molecule has 1 aliphatic carbocycles. The van der Waals surface area contributed by atoms with Gasteiger partial charge in [0.05, 0.1) is 5.75 Å². The number of amides is 1. The van der Waals surface area contributed by atoms with Gasteiger partial charge in [-0.05, 0) is 48.8 Å². The van der Waals surface area contributed by atoms with Gasteiger partial charge in [-0.15, -0.1) is 11.3 Å². The Balaban J connectivity index is 1.28. The van der Waals surface area contributed by atoms with Crippen LogP contribution in [0.5, 0.6) is 0 Å². The van der Waals surface area contributed by atoms with E-state index in [0.29, 0.717) is 5.95 Å². The minimum atomic E-state index is -0.136.